The van der Waals surface area contributed by atoms with Crippen molar-refractivity contribution in [3.8, 4) is 17.2 Å². The average molecular weight is 461 g/mol. The van der Waals surface area contributed by atoms with Crippen LogP contribution in [-0.2, 0) is 6.61 Å². The Morgan fingerprint density at radius 3 is 2.51 bits per heavy atom. The van der Waals surface area contributed by atoms with E-state index in [1.54, 1.807) is 19.4 Å². The summed E-state index contributed by atoms with van der Waals surface area (Å²) in [4.78, 5) is 17.2. The van der Waals surface area contributed by atoms with Gasteiger partial charge < -0.3 is 14.0 Å². The zero-order chi connectivity index (χ0) is 24.0. The van der Waals surface area contributed by atoms with E-state index in [2.05, 4.69) is 4.98 Å². The number of rotatable bonds is 8. The van der Waals surface area contributed by atoms with Crippen LogP contribution in [0.25, 0.3) is 22.7 Å². The van der Waals surface area contributed by atoms with Crippen molar-refractivity contribution in [1.29, 1.82) is 0 Å². The van der Waals surface area contributed by atoms with Gasteiger partial charge in [-0.1, -0.05) is 30.3 Å². The molecule has 0 spiro atoms. The number of hydrogen-bond donors (Lipinski definition) is 0. The minimum atomic E-state index is -0.0560. The molecule has 0 saturated heterocycles. The fraction of sp³-hybridized carbons (Fsp3) is 0.0667. The second kappa shape index (κ2) is 10.1. The highest BCUT2D eigenvalue weighted by Crippen LogP contribution is 2.27. The molecule has 0 atom stereocenters. The molecule has 0 radical (unpaired) electrons. The number of ketones is 1. The Kier molecular flexibility index (Phi) is 6.39. The minimum absolute atomic E-state index is 0.0560. The number of carbonyl (C=O) groups excluding carboxylic acids is 1. The van der Waals surface area contributed by atoms with Crippen LogP contribution in [0.3, 0.4) is 0 Å². The molecule has 0 saturated carbocycles. The molecule has 0 amide bonds. The molecule has 0 aliphatic rings. The van der Waals surface area contributed by atoms with E-state index in [4.69, 9.17) is 9.47 Å². The fourth-order valence-corrected chi connectivity index (χ4v) is 3.94. The maximum absolute atomic E-state index is 12.7. The van der Waals surface area contributed by atoms with Crippen LogP contribution in [-0.4, -0.2) is 22.4 Å². The molecule has 0 fully saturated rings. The molecule has 5 heteroatoms. The van der Waals surface area contributed by atoms with Crippen LogP contribution in [0, 0.1) is 0 Å². The van der Waals surface area contributed by atoms with E-state index in [9.17, 15) is 4.79 Å². The maximum atomic E-state index is 12.7. The number of nitrogens with zero attached hydrogens (tertiary/aromatic N) is 2. The second-order valence-electron chi connectivity index (χ2n) is 8.03. The third-order valence-corrected chi connectivity index (χ3v) is 5.76. The molecule has 5 rings (SSSR count). The molecule has 2 aromatic heterocycles. The predicted octanol–water partition coefficient (Wildman–Crippen LogP) is 6.51. The van der Waals surface area contributed by atoms with Crippen molar-refractivity contribution in [2.75, 3.05) is 7.11 Å². The predicted molar refractivity (Wildman–Crippen MR) is 138 cm³/mol. The monoisotopic (exact) mass is 460 g/mol. The van der Waals surface area contributed by atoms with Crippen LogP contribution >= 0.6 is 0 Å². The summed E-state index contributed by atoms with van der Waals surface area (Å²) in [6.07, 6.45) is 9.10. The first-order chi connectivity index (χ1) is 17.2. The molecule has 5 aromatic rings. The number of fused-ring (bicyclic) bond motifs is 1. The Hall–Kier alpha value is -4.64. The molecule has 5 nitrogen and oxygen atoms in total. The van der Waals surface area contributed by atoms with Gasteiger partial charge in [0.15, 0.2) is 5.78 Å². The van der Waals surface area contributed by atoms with Crippen molar-refractivity contribution in [3.05, 3.63) is 126 Å². The van der Waals surface area contributed by atoms with Crippen LogP contribution in [0.15, 0.2) is 110 Å². The van der Waals surface area contributed by atoms with Crippen molar-refractivity contribution in [1.82, 2.24) is 9.55 Å². The number of ether oxygens (including phenoxy) is 2. The van der Waals surface area contributed by atoms with Crippen LogP contribution in [0.4, 0.5) is 0 Å². The molecule has 0 aliphatic heterocycles. The summed E-state index contributed by atoms with van der Waals surface area (Å²) in [6, 6.07) is 27.0. The molecule has 0 unspecified atom stereocenters. The van der Waals surface area contributed by atoms with E-state index in [1.807, 2.05) is 108 Å². The lowest BCUT2D eigenvalue weighted by atomic mass is 10.1. The first kappa shape index (κ1) is 22.2. The Labute approximate surface area is 203 Å². The van der Waals surface area contributed by atoms with Gasteiger partial charge in [-0.05, 0) is 72.3 Å². The van der Waals surface area contributed by atoms with Crippen molar-refractivity contribution in [3.63, 3.8) is 0 Å². The number of para-hydroxylation sites is 1. The molecule has 2 heterocycles. The Morgan fingerprint density at radius 2 is 1.71 bits per heavy atom. The van der Waals surface area contributed by atoms with Crippen molar-refractivity contribution in [2.24, 2.45) is 0 Å². The first-order valence-electron chi connectivity index (χ1n) is 11.3. The fourth-order valence-electron chi connectivity index (χ4n) is 3.94. The van der Waals surface area contributed by atoms with Crippen LogP contribution in [0.5, 0.6) is 11.5 Å². The molecular formula is C30H24N2O3. The zero-order valence-electron chi connectivity index (χ0n) is 19.3. The lowest BCUT2D eigenvalue weighted by Crippen LogP contribution is -2.00. The molecule has 0 N–H and O–H groups in total. The van der Waals surface area contributed by atoms with E-state index in [0.29, 0.717) is 17.9 Å². The third kappa shape index (κ3) is 4.99. The topological polar surface area (TPSA) is 53.4 Å². The quantitative estimate of drug-likeness (QED) is 0.196. The summed E-state index contributed by atoms with van der Waals surface area (Å²) in [6.45, 7) is 0.315. The highest BCUT2D eigenvalue weighted by molar-refractivity contribution is 6.06. The number of aromatic nitrogens is 2. The zero-order valence-corrected chi connectivity index (χ0v) is 19.3. The Balaban J connectivity index is 1.31. The second-order valence-corrected chi connectivity index (χ2v) is 8.03. The van der Waals surface area contributed by atoms with E-state index in [-0.39, 0.29) is 5.78 Å². The third-order valence-electron chi connectivity index (χ3n) is 5.76. The molecule has 0 bridgehead atoms. The van der Waals surface area contributed by atoms with Gasteiger partial charge in [-0.3, -0.25) is 9.78 Å². The smallest absolute Gasteiger partial charge is 0.185 e. The number of benzene rings is 3. The first-order valence-corrected chi connectivity index (χ1v) is 11.3. The van der Waals surface area contributed by atoms with E-state index < -0.39 is 0 Å². The number of methoxy groups -OCH3 is 1. The standard InChI is InChI=1S/C30H24N2O3/c1-34-28-16-10-22(9-15-27(33)23-11-13-26(14-12-23)32-18-2-3-19-32)20-25(28)21-35-29-8-4-6-24-7-5-17-31-30(24)29/h2-20H,21H2,1H3/b15-9+. The van der Waals surface area contributed by atoms with Gasteiger partial charge in [-0.15, -0.1) is 0 Å². The van der Waals surface area contributed by atoms with Crippen molar-refractivity contribution >= 4 is 22.8 Å². The summed E-state index contributed by atoms with van der Waals surface area (Å²) < 4.78 is 13.6. The number of hydrogen-bond acceptors (Lipinski definition) is 4. The lowest BCUT2D eigenvalue weighted by molar-refractivity contribution is 0.104. The Morgan fingerprint density at radius 1 is 0.914 bits per heavy atom. The summed E-state index contributed by atoms with van der Waals surface area (Å²) in [5, 5.41) is 1.02. The Bertz CT molecular complexity index is 1480. The van der Waals surface area contributed by atoms with Gasteiger partial charge in [0.25, 0.3) is 0 Å². The molecule has 35 heavy (non-hydrogen) atoms. The van der Waals surface area contributed by atoms with Gasteiger partial charge in [-0.25, -0.2) is 0 Å². The average Bonchev–Trinajstić information content (AvgIpc) is 3.46. The number of pyridine rings is 1. The summed E-state index contributed by atoms with van der Waals surface area (Å²) >= 11 is 0. The van der Waals surface area contributed by atoms with E-state index in [1.165, 1.54) is 0 Å². The molecule has 0 aliphatic carbocycles. The summed E-state index contributed by atoms with van der Waals surface area (Å²) in [5.74, 6) is 1.38. The lowest BCUT2D eigenvalue weighted by Gasteiger charge is -2.12. The number of allylic oxidation sites excluding steroid dienone is 1. The van der Waals surface area contributed by atoms with Crippen LogP contribution < -0.4 is 9.47 Å². The van der Waals surface area contributed by atoms with E-state index in [0.717, 1.165) is 33.5 Å². The van der Waals surface area contributed by atoms with Gasteiger partial charge >= 0.3 is 0 Å². The van der Waals surface area contributed by atoms with E-state index >= 15 is 0 Å². The van der Waals surface area contributed by atoms with Gasteiger partial charge in [0.1, 0.15) is 23.6 Å². The summed E-state index contributed by atoms with van der Waals surface area (Å²) in [7, 11) is 1.63. The summed E-state index contributed by atoms with van der Waals surface area (Å²) in [5.41, 5.74) is 4.23. The van der Waals surface area contributed by atoms with Crippen molar-refractivity contribution in [2.45, 2.75) is 6.61 Å². The normalized spacial score (nSPS) is 11.1. The minimum Gasteiger partial charge on any atom is -0.496 e. The van der Waals surface area contributed by atoms with Crippen LogP contribution in [0.2, 0.25) is 0 Å². The van der Waals surface area contributed by atoms with Crippen LogP contribution in [0.1, 0.15) is 21.5 Å². The maximum Gasteiger partial charge on any atom is 0.185 e. The highest BCUT2D eigenvalue weighted by atomic mass is 16.5. The van der Waals surface area contributed by atoms with Gasteiger partial charge in [0, 0.05) is 40.8 Å². The molecule has 3 aromatic carbocycles. The van der Waals surface area contributed by atoms with Gasteiger partial charge in [0.05, 0.1) is 7.11 Å². The van der Waals surface area contributed by atoms with Crippen molar-refractivity contribution < 1.29 is 14.3 Å². The van der Waals surface area contributed by atoms with Gasteiger partial charge in [-0.2, -0.15) is 0 Å². The number of carbonyl (C=O) groups is 1. The molecule has 172 valence electrons. The molecular weight excluding hydrogens is 436 g/mol. The van der Waals surface area contributed by atoms with Gasteiger partial charge in [0.2, 0.25) is 0 Å². The largest absolute Gasteiger partial charge is 0.496 e. The SMILES string of the molecule is COc1ccc(/C=C/C(=O)c2ccc(-n3cccc3)cc2)cc1COc1cccc2cccnc12. The highest BCUT2D eigenvalue weighted by Gasteiger charge is 2.08.